The summed E-state index contributed by atoms with van der Waals surface area (Å²) in [4.78, 5) is 10.9. The first kappa shape index (κ1) is 12.5. The smallest absolute Gasteiger partial charge is 0.223 e. The molecule has 1 aliphatic carbocycles. The van der Waals surface area contributed by atoms with Gasteiger partial charge in [0.25, 0.3) is 0 Å². The first-order valence-corrected chi connectivity index (χ1v) is 6.93. The average Bonchev–Trinajstić information content (AvgIpc) is 2.93. The third kappa shape index (κ3) is 2.73. The summed E-state index contributed by atoms with van der Waals surface area (Å²) < 4.78 is 0. The predicted octanol–water partition coefficient (Wildman–Crippen LogP) is 0.821. The van der Waals surface area contributed by atoms with E-state index < -0.39 is 0 Å². The Balaban J connectivity index is 1.77. The second-order valence-corrected chi connectivity index (χ2v) is 5.88. The third-order valence-corrected chi connectivity index (χ3v) is 4.08. The molecular weight excluding hydrogens is 240 g/mol. The standard InChI is InChI=1S/C13H22N6/c1-13(4-5-13)18-10-7-11(17-12(14)16-10)19-6-3-9(8-19)15-2/h7,9,15H,3-6,8H2,1-2H3,(H3,14,16,17,18)/t9-/m1/s1. The molecule has 104 valence electrons. The molecular formula is C13H22N6. The van der Waals surface area contributed by atoms with Crippen molar-refractivity contribution in [3.05, 3.63) is 6.07 Å². The lowest BCUT2D eigenvalue weighted by Crippen LogP contribution is -2.30. The molecule has 1 saturated carbocycles. The van der Waals surface area contributed by atoms with E-state index in [0.29, 0.717) is 12.0 Å². The fraction of sp³-hybridized carbons (Fsp3) is 0.692. The molecule has 1 aromatic heterocycles. The van der Waals surface area contributed by atoms with Crippen molar-refractivity contribution < 1.29 is 0 Å². The van der Waals surface area contributed by atoms with E-state index in [9.17, 15) is 0 Å². The van der Waals surface area contributed by atoms with Crippen molar-refractivity contribution in [2.45, 2.75) is 37.8 Å². The quantitative estimate of drug-likeness (QED) is 0.745. The van der Waals surface area contributed by atoms with Crippen molar-refractivity contribution in [3.8, 4) is 0 Å². The van der Waals surface area contributed by atoms with E-state index in [1.54, 1.807) is 0 Å². The Morgan fingerprint density at radius 1 is 1.42 bits per heavy atom. The molecule has 2 fully saturated rings. The van der Waals surface area contributed by atoms with Crippen LogP contribution >= 0.6 is 0 Å². The van der Waals surface area contributed by atoms with E-state index in [-0.39, 0.29) is 5.54 Å². The van der Waals surface area contributed by atoms with E-state index in [4.69, 9.17) is 5.73 Å². The molecule has 1 saturated heterocycles. The molecule has 0 unspecified atom stereocenters. The van der Waals surface area contributed by atoms with Crippen LogP contribution in [-0.2, 0) is 0 Å². The van der Waals surface area contributed by atoms with Crippen molar-refractivity contribution in [1.29, 1.82) is 0 Å². The predicted molar refractivity (Wildman–Crippen MR) is 77.4 cm³/mol. The lowest BCUT2D eigenvalue weighted by Gasteiger charge is -2.19. The Hall–Kier alpha value is -1.56. The number of nitrogens with zero attached hydrogens (tertiary/aromatic N) is 3. The zero-order valence-electron chi connectivity index (χ0n) is 11.6. The number of likely N-dealkylation sites (N-methyl/N-ethyl adjacent to an activating group) is 1. The summed E-state index contributed by atoms with van der Waals surface area (Å²) in [5.41, 5.74) is 6.03. The Morgan fingerprint density at radius 2 is 2.21 bits per heavy atom. The molecule has 4 N–H and O–H groups in total. The van der Waals surface area contributed by atoms with Gasteiger partial charge in [0.2, 0.25) is 5.95 Å². The van der Waals surface area contributed by atoms with Gasteiger partial charge in [0.1, 0.15) is 11.6 Å². The van der Waals surface area contributed by atoms with Crippen molar-refractivity contribution in [2.24, 2.45) is 0 Å². The zero-order chi connectivity index (χ0) is 13.5. The molecule has 0 radical (unpaired) electrons. The van der Waals surface area contributed by atoms with E-state index >= 15 is 0 Å². The average molecular weight is 262 g/mol. The molecule has 2 heterocycles. The van der Waals surface area contributed by atoms with Crippen LogP contribution in [0.5, 0.6) is 0 Å². The van der Waals surface area contributed by atoms with Gasteiger partial charge >= 0.3 is 0 Å². The Kier molecular flexibility index (Phi) is 2.97. The van der Waals surface area contributed by atoms with Gasteiger partial charge in [-0.3, -0.25) is 0 Å². The highest BCUT2D eigenvalue weighted by atomic mass is 15.3. The van der Waals surface area contributed by atoms with Crippen molar-refractivity contribution in [1.82, 2.24) is 15.3 Å². The Labute approximate surface area is 113 Å². The molecule has 6 nitrogen and oxygen atoms in total. The molecule has 1 aliphatic heterocycles. The normalized spacial score (nSPS) is 24.5. The highest BCUT2D eigenvalue weighted by molar-refractivity contribution is 5.54. The first-order valence-electron chi connectivity index (χ1n) is 6.93. The fourth-order valence-corrected chi connectivity index (χ4v) is 2.50. The number of nitrogen functional groups attached to an aromatic ring is 1. The van der Waals surface area contributed by atoms with Gasteiger partial charge < -0.3 is 21.3 Å². The molecule has 0 amide bonds. The van der Waals surface area contributed by atoms with Crippen molar-refractivity contribution >= 4 is 17.6 Å². The topological polar surface area (TPSA) is 79.1 Å². The molecule has 0 aromatic carbocycles. The summed E-state index contributed by atoms with van der Waals surface area (Å²) in [6.45, 7) is 4.19. The molecule has 2 aliphatic rings. The lowest BCUT2D eigenvalue weighted by molar-refractivity contribution is 0.616. The van der Waals surface area contributed by atoms with Crippen LogP contribution in [-0.4, -0.2) is 41.7 Å². The highest BCUT2D eigenvalue weighted by Gasteiger charge is 2.37. The monoisotopic (exact) mass is 262 g/mol. The second-order valence-electron chi connectivity index (χ2n) is 5.88. The molecule has 6 heteroatoms. The number of anilines is 3. The summed E-state index contributed by atoms with van der Waals surface area (Å²) in [7, 11) is 2.00. The summed E-state index contributed by atoms with van der Waals surface area (Å²) in [5, 5.41) is 6.76. The minimum atomic E-state index is 0.205. The Morgan fingerprint density at radius 3 is 2.84 bits per heavy atom. The van der Waals surface area contributed by atoms with Crippen molar-refractivity contribution in [3.63, 3.8) is 0 Å². The van der Waals surface area contributed by atoms with Gasteiger partial charge in [-0.2, -0.15) is 9.97 Å². The van der Waals surface area contributed by atoms with Crippen LogP contribution in [0.4, 0.5) is 17.6 Å². The molecule has 1 aromatic rings. The van der Waals surface area contributed by atoms with E-state index in [0.717, 1.165) is 31.1 Å². The van der Waals surface area contributed by atoms with Gasteiger partial charge in [-0.05, 0) is 33.2 Å². The largest absolute Gasteiger partial charge is 0.368 e. The van der Waals surface area contributed by atoms with E-state index in [2.05, 4.69) is 32.4 Å². The maximum absolute atomic E-state index is 5.83. The van der Waals surface area contributed by atoms with E-state index in [1.165, 1.54) is 12.8 Å². The summed E-state index contributed by atoms with van der Waals surface area (Å²) in [6, 6.07) is 2.55. The Bertz CT molecular complexity index is 470. The van der Waals surface area contributed by atoms with Crippen molar-refractivity contribution in [2.75, 3.05) is 36.1 Å². The number of nitrogens with two attached hydrogens (primary N) is 1. The number of hydrogen-bond acceptors (Lipinski definition) is 6. The van der Waals surface area contributed by atoms with Crippen LogP contribution in [0.15, 0.2) is 6.07 Å². The van der Waals surface area contributed by atoms with Crippen LogP contribution < -0.4 is 21.3 Å². The first-order chi connectivity index (χ1) is 9.08. The van der Waals surface area contributed by atoms with Gasteiger partial charge in [-0.15, -0.1) is 0 Å². The van der Waals surface area contributed by atoms with Crippen LogP contribution in [0.25, 0.3) is 0 Å². The maximum Gasteiger partial charge on any atom is 0.223 e. The SMILES string of the molecule is CN[C@@H]1CCN(c2cc(NC3(C)CC3)nc(N)n2)C1. The zero-order valence-corrected chi connectivity index (χ0v) is 11.6. The van der Waals surface area contributed by atoms with Gasteiger partial charge in [0.05, 0.1) is 0 Å². The lowest BCUT2D eigenvalue weighted by atomic mass is 10.3. The second kappa shape index (κ2) is 4.52. The van der Waals surface area contributed by atoms with Gasteiger partial charge in [0.15, 0.2) is 0 Å². The molecule has 1 atom stereocenters. The molecule has 19 heavy (non-hydrogen) atoms. The van der Waals surface area contributed by atoms with Crippen LogP contribution in [0, 0.1) is 0 Å². The highest BCUT2D eigenvalue weighted by Crippen LogP contribution is 2.38. The third-order valence-electron chi connectivity index (χ3n) is 4.08. The molecule has 0 spiro atoms. The number of rotatable bonds is 4. The minimum absolute atomic E-state index is 0.205. The molecule has 0 bridgehead atoms. The van der Waals surface area contributed by atoms with Gasteiger partial charge in [-0.25, -0.2) is 0 Å². The van der Waals surface area contributed by atoms with Gasteiger partial charge in [0, 0.05) is 30.7 Å². The molecule has 3 rings (SSSR count). The van der Waals surface area contributed by atoms with Gasteiger partial charge in [-0.1, -0.05) is 0 Å². The van der Waals surface area contributed by atoms with E-state index in [1.807, 2.05) is 13.1 Å². The maximum atomic E-state index is 5.83. The number of aromatic nitrogens is 2. The van der Waals surface area contributed by atoms with Crippen LogP contribution in [0.3, 0.4) is 0 Å². The minimum Gasteiger partial charge on any atom is -0.368 e. The summed E-state index contributed by atoms with van der Waals surface area (Å²) in [5.74, 6) is 2.12. The summed E-state index contributed by atoms with van der Waals surface area (Å²) in [6.07, 6.45) is 3.52. The fourth-order valence-electron chi connectivity index (χ4n) is 2.50. The number of nitrogens with one attached hydrogen (secondary N) is 2. The number of hydrogen-bond donors (Lipinski definition) is 3. The summed E-state index contributed by atoms with van der Waals surface area (Å²) >= 11 is 0. The van der Waals surface area contributed by atoms with Crippen LogP contribution in [0.1, 0.15) is 26.2 Å². The van der Waals surface area contributed by atoms with Crippen LogP contribution in [0.2, 0.25) is 0 Å².